The normalized spacial score (nSPS) is 10.6. The second kappa shape index (κ2) is 9.01. The van der Waals surface area contributed by atoms with Crippen molar-refractivity contribution in [2.75, 3.05) is 16.4 Å². The standard InChI is InChI=1S/C19H19N5O3S2/c1-11-4-5-14(8-12(11)2)20-18-22-23-19(29-18)28-10-17(25)21-16-7-6-15(24(26)27)9-13(16)3/h4-9H,10H2,1-3H3,(H,20,22)(H,21,25). The van der Waals surface area contributed by atoms with Gasteiger partial charge in [-0.3, -0.25) is 14.9 Å². The quantitative estimate of drug-likeness (QED) is 0.314. The van der Waals surface area contributed by atoms with Crippen LogP contribution in [0.15, 0.2) is 40.7 Å². The first-order chi connectivity index (χ1) is 13.8. The minimum Gasteiger partial charge on any atom is -0.330 e. The van der Waals surface area contributed by atoms with Gasteiger partial charge in [0.15, 0.2) is 4.34 Å². The summed E-state index contributed by atoms with van der Waals surface area (Å²) in [5.74, 6) is -0.0554. The average molecular weight is 430 g/mol. The zero-order chi connectivity index (χ0) is 21.0. The van der Waals surface area contributed by atoms with E-state index in [1.165, 1.54) is 52.4 Å². The van der Waals surface area contributed by atoms with Crippen LogP contribution in [-0.2, 0) is 4.79 Å². The van der Waals surface area contributed by atoms with E-state index in [-0.39, 0.29) is 17.3 Å². The summed E-state index contributed by atoms with van der Waals surface area (Å²) in [6.07, 6.45) is 0. The Hall–Kier alpha value is -2.98. The van der Waals surface area contributed by atoms with Gasteiger partial charge in [-0.25, -0.2) is 0 Å². The molecular weight excluding hydrogens is 410 g/mol. The van der Waals surface area contributed by atoms with Crippen molar-refractivity contribution in [2.24, 2.45) is 0 Å². The van der Waals surface area contributed by atoms with Gasteiger partial charge in [-0.2, -0.15) is 0 Å². The van der Waals surface area contributed by atoms with Crippen LogP contribution in [0.4, 0.5) is 22.2 Å². The van der Waals surface area contributed by atoms with Crippen LogP contribution in [0.1, 0.15) is 16.7 Å². The molecule has 150 valence electrons. The molecule has 0 aliphatic rings. The molecule has 0 unspecified atom stereocenters. The number of hydrogen-bond acceptors (Lipinski definition) is 8. The van der Waals surface area contributed by atoms with E-state index in [9.17, 15) is 14.9 Å². The van der Waals surface area contributed by atoms with Crippen LogP contribution in [-0.4, -0.2) is 26.8 Å². The molecule has 0 aliphatic heterocycles. The molecule has 0 radical (unpaired) electrons. The Morgan fingerprint density at radius 3 is 2.59 bits per heavy atom. The van der Waals surface area contributed by atoms with E-state index in [4.69, 9.17) is 0 Å². The molecular formula is C19H19N5O3S2. The summed E-state index contributed by atoms with van der Waals surface area (Å²) >= 11 is 2.65. The zero-order valence-electron chi connectivity index (χ0n) is 16.1. The number of anilines is 3. The summed E-state index contributed by atoms with van der Waals surface area (Å²) in [4.78, 5) is 22.5. The van der Waals surface area contributed by atoms with Crippen LogP contribution in [0.3, 0.4) is 0 Å². The number of hydrogen-bond donors (Lipinski definition) is 2. The molecule has 0 bridgehead atoms. The van der Waals surface area contributed by atoms with Gasteiger partial charge in [0.05, 0.1) is 10.7 Å². The zero-order valence-corrected chi connectivity index (χ0v) is 17.7. The second-order valence-electron chi connectivity index (χ2n) is 6.39. The van der Waals surface area contributed by atoms with Crippen LogP contribution in [0.25, 0.3) is 0 Å². The lowest BCUT2D eigenvalue weighted by atomic mass is 10.1. The summed E-state index contributed by atoms with van der Waals surface area (Å²) in [6.45, 7) is 5.82. The predicted octanol–water partition coefficient (Wildman–Crippen LogP) is 4.85. The number of carbonyl (C=O) groups is 1. The van der Waals surface area contributed by atoms with Gasteiger partial charge in [0.1, 0.15) is 0 Å². The number of aromatic nitrogens is 2. The maximum atomic E-state index is 12.2. The topological polar surface area (TPSA) is 110 Å². The van der Waals surface area contributed by atoms with Gasteiger partial charge in [-0.05, 0) is 55.7 Å². The van der Waals surface area contributed by atoms with E-state index in [0.717, 1.165) is 5.69 Å². The van der Waals surface area contributed by atoms with Crippen LogP contribution in [0, 0.1) is 30.9 Å². The molecule has 1 heterocycles. The number of amides is 1. The summed E-state index contributed by atoms with van der Waals surface area (Å²) < 4.78 is 0.673. The Labute approximate surface area is 175 Å². The number of benzene rings is 2. The van der Waals surface area contributed by atoms with Crippen LogP contribution < -0.4 is 10.6 Å². The summed E-state index contributed by atoms with van der Waals surface area (Å²) in [5.41, 5.74) is 4.52. The van der Waals surface area contributed by atoms with Crippen LogP contribution >= 0.6 is 23.1 Å². The number of nitro benzene ring substituents is 1. The van der Waals surface area contributed by atoms with E-state index >= 15 is 0 Å². The third-order valence-corrected chi connectivity index (χ3v) is 6.16. The monoisotopic (exact) mass is 429 g/mol. The SMILES string of the molecule is Cc1ccc(Nc2nnc(SCC(=O)Nc3ccc([N+](=O)[O-])cc3C)s2)cc1C. The van der Waals surface area contributed by atoms with Gasteiger partial charge in [-0.15, -0.1) is 10.2 Å². The summed E-state index contributed by atoms with van der Waals surface area (Å²) in [5, 5.41) is 25.6. The van der Waals surface area contributed by atoms with Gasteiger partial charge >= 0.3 is 0 Å². The maximum Gasteiger partial charge on any atom is 0.269 e. The molecule has 0 atom stereocenters. The lowest BCUT2D eigenvalue weighted by Crippen LogP contribution is -2.14. The largest absolute Gasteiger partial charge is 0.330 e. The van der Waals surface area contributed by atoms with Crippen molar-refractivity contribution in [1.82, 2.24) is 10.2 Å². The Kier molecular flexibility index (Phi) is 6.45. The number of aryl methyl sites for hydroxylation is 3. The molecule has 0 fully saturated rings. The summed E-state index contributed by atoms with van der Waals surface area (Å²) in [7, 11) is 0. The first-order valence-electron chi connectivity index (χ1n) is 8.67. The Bertz CT molecular complexity index is 1070. The molecule has 29 heavy (non-hydrogen) atoms. The van der Waals surface area contributed by atoms with E-state index in [1.54, 1.807) is 6.92 Å². The minimum atomic E-state index is -0.465. The average Bonchev–Trinajstić information content (AvgIpc) is 3.12. The first kappa shape index (κ1) is 20.7. The van der Waals surface area contributed by atoms with Crippen LogP contribution in [0.5, 0.6) is 0 Å². The fourth-order valence-corrected chi connectivity index (χ4v) is 4.05. The Morgan fingerprint density at radius 2 is 1.90 bits per heavy atom. The van der Waals surface area contributed by atoms with Crippen molar-refractivity contribution in [3.05, 3.63) is 63.2 Å². The predicted molar refractivity (Wildman–Crippen MR) is 116 cm³/mol. The molecule has 1 amide bonds. The molecule has 2 aromatic carbocycles. The molecule has 3 rings (SSSR count). The van der Waals surface area contributed by atoms with Crippen molar-refractivity contribution in [3.8, 4) is 0 Å². The van der Waals surface area contributed by atoms with Gasteiger partial charge in [0.25, 0.3) is 5.69 Å². The third-order valence-electron chi connectivity index (χ3n) is 4.19. The number of carbonyl (C=O) groups excluding carboxylic acids is 1. The highest BCUT2D eigenvalue weighted by atomic mass is 32.2. The van der Waals surface area contributed by atoms with Gasteiger partial charge in [0.2, 0.25) is 11.0 Å². The van der Waals surface area contributed by atoms with E-state index in [2.05, 4.69) is 27.8 Å². The Balaban J connectivity index is 1.54. The van der Waals surface area contributed by atoms with Gasteiger partial charge in [-0.1, -0.05) is 29.2 Å². The van der Waals surface area contributed by atoms with Crippen molar-refractivity contribution < 1.29 is 9.72 Å². The lowest BCUT2D eigenvalue weighted by molar-refractivity contribution is -0.384. The number of non-ortho nitro benzene ring substituents is 1. The van der Waals surface area contributed by atoms with Crippen molar-refractivity contribution in [3.63, 3.8) is 0 Å². The number of nitrogens with zero attached hydrogens (tertiary/aromatic N) is 3. The van der Waals surface area contributed by atoms with E-state index < -0.39 is 4.92 Å². The molecule has 0 aliphatic carbocycles. The fraction of sp³-hybridized carbons (Fsp3) is 0.211. The van der Waals surface area contributed by atoms with E-state index in [0.29, 0.717) is 20.7 Å². The van der Waals surface area contributed by atoms with Crippen LogP contribution in [0.2, 0.25) is 0 Å². The third kappa shape index (κ3) is 5.52. The molecule has 0 saturated heterocycles. The van der Waals surface area contributed by atoms with Crippen molar-refractivity contribution in [2.45, 2.75) is 25.1 Å². The number of nitro groups is 1. The van der Waals surface area contributed by atoms with E-state index in [1.807, 2.05) is 25.1 Å². The number of rotatable bonds is 7. The smallest absolute Gasteiger partial charge is 0.269 e. The van der Waals surface area contributed by atoms with Gasteiger partial charge in [0, 0.05) is 23.5 Å². The minimum absolute atomic E-state index is 0.00691. The highest BCUT2D eigenvalue weighted by Gasteiger charge is 2.12. The maximum absolute atomic E-state index is 12.2. The molecule has 3 aromatic rings. The molecule has 0 saturated carbocycles. The van der Waals surface area contributed by atoms with Crippen molar-refractivity contribution >= 4 is 51.2 Å². The first-order valence-corrected chi connectivity index (χ1v) is 10.5. The summed E-state index contributed by atoms with van der Waals surface area (Å²) in [6, 6.07) is 10.4. The second-order valence-corrected chi connectivity index (χ2v) is 8.59. The van der Waals surface area contributed by atoms with Gasteiger partial charge < -0.3 is 10.6 Å². The highest BCUT2D eigenvalue weighted by Crippen LogP contribution is 2.28. The lowest BCUT2D eigenvalue weighted by Gasteiger charge is -2.07. The highest BCUT2D eigenvalue weighted by molar-refractivity contribution is 8.01. The molecule has 2 N–H and O–H groups in total. The van der Waals surface area contributed by atoms with Crippen molar-refractivity contribution in [1.29, 1.82) is 0 Å². The molecule has 8 nitrogen and oxygen atoms in total. The molecule has 1 aromatic heterocycles. The number of nitrogens with one attached hydrogen (secondary N) is 2. The Morgan fingerprint density at radius 1 is 1.10 bits per heavy atom. The molecule has 0 spiro atoms. The molecule has 10 heteroatoms. The number of thioether (sulfide) groups is 1. The fourth-order valence-electron chi connectivity index (χ4n) is 2.48.